The van der Waals surface area contributed by atoms with Crippen molar-refractivity contribution >= 4 is 50.2 Å². The van der Waals surface area contributed by atoms with Gasteiger partial charge in [-0.3, -0.25) is 9.36 Å². The van der Waals surface area contributed by atoms with E-state index >= 15 is 0 Å². The van der Waals surface area contributed by atoms with Gasteiger partial charge in [0, 0.05) is 38.7 Å². The lowest BCUT2D eigenvalue weighted by Gasteiger charge is -2.27. The van der Waals surface area contributed by atoms with Crippen LogP contribution in [-0.4, -0.2) is 28.8 Å². The number of hydrogen-bond donors (Lipinski definition) is 0. The summed E-state index contributed by atoms with van der Waals surface area (Å²) in [7, 11) is 1.58. The molecule has 40 heavy (non-hydrogen) atoms. The Bertz CT molecular complexity index is 1810. The number of rotatable bonds is 8. The summed E-state index contributed by atoms with van der Waals surface area (Å²) in [6, 6.07) is 13.3. The maximum atomic E-state index is 14.2. The zero-order valence-corrected chi connectivity index (χ0v) is 25.6. The van der Waals surface area contributed by atoms with Gasteiger partial charge in [-0.05, 0) is 57.5 Å². The summed E-state index contributed by atoms with van der Waals surface area (Å²) in [6.07, 6.45) is 5.39. The Hall–Kier alpha value is -3.43. The molecule has 1 aliphatic rings. The molecular formula is C31H32BrN3O4S. The number of aromatic nitrogens is 2. The van der Waals surface area contributed by atoms with Crippen molar-refractivity contribution in [3.63, 3.8) is 0 Å². The van der Waals surface area contributed by atoms with Gasteiger partial charge in [0.05, 0.1) is 29.5 Å². The van der Waals surface area contributed by atoms with Crippen molar-refractivity contribution in [3.05, 3.63) is 95.2 Å². The van der Waals surface area contributed by atoms with Gasteiger partial charge in [-0.15, -0.1) is 0 Å². The molecule has 0 spiro atoms. The number of hydrogen-bond acceptors (Lipinski definition) is 6. The van der Waals surface area contributed by atoms with Gasteiger partial charge in [0.1, 0.15) is 11.8 Å². The molecule has 0 radical (unpaired) electrons. The Kier molecular flexibility index (Phi) is 8.14. The Morgan fingerprint density at radius 3 is 2.67 bits per heavy atom. The zero-order chi connectivity index (χ0) is 28.6. The first-order valence-corrected chi connectivity index (χ1v) is 15.0. The second-order valence-corrected chi connectivity index (χ2v) is 11.8. The van der Waals surface area contributed by atoms with Crippen molar-refractivity contribution in [1.29, 1.82) is 0 Å². The smallest absolute Gasteiger partial charge is 0.338 e. The van der Waals surface area contributed by atoms with E-state index in [1.807, 2.05) is 43.3 Å². The van der Waals surface area contributed by atoms with E-state index in [4.69, 9.17) is 14.5 Å². The molecule has 1 aliphatic heterocycles. The lowest BCUT2D eigenvalue weighted by atomic mass is 9.93. The van der Waals surface area contributed by atoms with Crippen molar-refractivity contribution in [2.45, 2.75) is 52.6 Å². The molecule has 0 saturated carbocycles. The van der Waals surface area contributed by atoms with Crippen LogP contribution in [0.1, 0.15) is 63.7 Å². The van der Waals surface area contributed by atoms with Crippen molar-refractivity contribution in [2.75, 3.05) is 13.7 Å². The van der Waals surface area contributed by atoms with Crippen LogP contribution in [0.15, 0.2) is 74.2 Å². The number of para-hydroxylation sites is 1. The molecule has 0 bridgehead atoms. The number of methoxy groups -OCH3 is 1. The molecular weight excluding hydrogens is 590 g/mol. The number of nitrogens with zero attached hydrogens (tertiary/aromatic N) is 3. The Morgan fingerprint density at radius 2 is 1.98 bits per heavy atom. The summed E-state index contributed by atoms with van der Waals surface area (Å²) < 4.78 is 16.4. The van der Waals surface area contributed by atoms with Gasteiger partial charge < -0.3 is 14.0 Å². The van der Waals surface area contributed by atoms with Crippen LogP contribution in [0.4, 0.5) is 0 Å². The third-order valence-corrected chi connectivity index (χ3v) is 8.47. The molecule has 2 aromatic heterocycles. The first-order chi connectivity index (χ1) is 19.3. The van der Waals surface area contributed by atoms with Crippen molar-refractivity contribution in [1.82, 2.24) is 9.13 Å². The fraction of sp³-hybridized carbons (Fsp3) is 0.323. The minimum atomic E-state index is -0.747. The number of esters is 1. The van der Waals surface area contributed by atoms with Crippen LogP contribution in [0.5, 0.6) is 5.75 Å². The number of carbonyl (C=O) groups excluding carboxylic acids is 1. The number of benzene rings is 2. The fourth-order valence-corrected chi connectivity index (χ4v) is 6.64. The largest absolute Gasteiger partial charge is 0.496 e. The molecule has 208 valence electrons. The lowest BCUT2D eigenvalue weighted by molar-refractivity contribution is -0.139. The van der Waals surface area contributed by atoms with Crippen LogP contribution < -0.4 is 19.6 Å². The molecule has 3 heterocycles. The molecule has 1 atom stereocenters. The average Bonchev–Trinajstić information content (AvgIpc) is 3.46. The van der Waals surface area contributed by atoms with Gasteiger partial charge in [0.25, 0.3) is 5.56 Å². The standard InChI is InChI=1S/C31H32BrN3O4S/c1-6-10-23-27(30(37)39-7-2)28(22-16-20(32)13-14-25(22)38-5)35-29(36)26(40-31(35)33-23)15-19-17-34(18(3)4)24-12-9-8-11-21(19)24/h8-9,11-18,28H,6-7,10H2,1-5H3/b26-15+/t28-/m0/s1. The highest BCUT2D eigenvalue weighted by Gasteiger charge is 2.36. The normalized spacial score (nSPS) is 15.5. The van der Waals surface area contributed by atoms with E-state index in [9.17, 15) is 9.59 Å². The second-order valence-electron chi connectivity index (χ2n) is 9.90. The van der Waals surface area contributed by atoms with E-state index < -0.39 is 12.0 Å². The van der Waals surface area contributed by atoms with E-state index in [0.717, 1.165) is 27.4 Å². The highest BCUT2D eigenvalue weighted by molar-refractivity contribution is 9.10. The predicted molar refractivity (Wildman–Crippen MR) is 163 cm³/mol. The van der Waals surface area contributed by atoms with Gasteiger partial charge in [0.15, 0.2) is 4.80 Å². The van der Waals surface area contributed by atoms with Crippen LogP contribution in [0.25, 0.3) is 17.0 Å². The topological polar surface area (TPSA) is 74.8 Å². The maximum absolute atomic E-state index is 14.2. The van der Waals surface area contributed by atoms with Crippen molar-refractivity contribution in [2.24, 2.45) is 4.99 Å². The first-order valence-electron chi connectivity index (χ1n) is 13.4. The monoisotopic (exact) mass is 621 g/mol. The highest BCUT2D eigenvalue weighted by atomic mass is 79.9. The number of fused-ring (bicyclic) bond motifs is 2. The van der Waals surface area contributed by atoms with E-state index in [-0.39, 0.29) is 18.2 Å². The summed E-state index contributed by atoms with van der Waals surface area (Å²) in [4.78, 5) is 33.1. The lowest BCUT2D eigenvalue weighted by Crippen LogP contribution is -2.40. The molecule has 0 saturated heterocycles. The van der Waals surface area contributed by atoms with Crippen LogP contribution >= 0.6 is 27.3 Å². The van der Waals surface area contributed by atoms with Crippen molar-refractivity contribution in [3.8, 4) is 5.75 Å². The summed E-state index contributed by atoms with van der Waals surface area (Å²) in [6.45, 7) is 8.31. The quantitative estimate of drug-likeness (QED) is 0.230. The molecule has 0 aliphatic carbocycles. The molecule has 0 fully saturated rings. The summed E-state index contributed by atoms with van der Waals surface area (Å²) in [5, 5.41) is 1.08. The van der Waals surface area contributed by atoms with Crippen molar-refractivity contribution < 1.29 is 14.3 Å². The van der Waals surface area contributed by atoms with Crippen LogP contribution in [0.3, 0.4) is 0 Å². The Morgan fingerprint density at radius 1 is 1.20 bits per heavy atom. The highest BCUT2D eigenvalue weighted by Crippen LogP contribution is 2.38. The molecule has 4 aromatic rings. The minimum absolute atomic E-state index is 0.213. The van der Waals surface area contributed by atoms with Crippen LogP contribution in [0, 0.1) is 0 Å². The third kappa shape index (κ3) is 4.97. The number of allylic oxidation sites excluding steroid dienone is 1. The number of halogens is 1. The molecule has 0 unspecified atom stereocenters. The Labute approximate surface area is 245 Å². The third-order valence-electron chi connectivity index (χ3n) is 6.99. The van der Waals surface area contributed by atoms with Gasteiger partial charge in [0.2, 0.25) is 0 Å². The van der Waals surface area contributed by atoms with E-state index in [2.05, 4.69) is 52.7 Å². The zero-order valence-electron chi connectivity index (χ0n) is 23.2. The molecule has 2 aromatic carbocycles. The molecule has 7 nitrogen and oxygen atoms in total. The molecule has 5 rings (SSSR count). The van der Waals surface area contributed by atoms with Gasteiger partial charge in [-0.25, -0.2) is 9.79 Å². The predicted octanol–water partition coefficient (Wildman–Crippen LogP) is 5.89. The van der Waals surface area contributed by atoms with Gasteiger partial charge >= 0.3 is 5.97 Å². The van der Waals surface area contributed by atoms with E-state index in [1.165, 1.54) is 11.3 Å². The Balaban J connectivity index is 1.82. The number of carbonyl (C=O) groups is 1. The summed E-state index contributed by atoms with van der Waals surface area (Å²) in [5.74, 6) is 0.0957. The maximum Gasteiger partial charge on any atom is 0.338 e. The average molecular weight is 623 g/mol. The summed E-state index contributed by atoms with van der Waals surface area (Å²) in [5.41, 5.74) is 3.56. The molecule has 0 amide bonds. The van der Waals surface area contributed by atoms with E-state index in [0.29, 0.717) is 38.3 Å². The van der Waals surface area contributed by atoms with Crippen LogP contribution in [0.2, 0.25) is 0 Å². The van der Waals surface area contributed by atoms with Crippen LogP contribution in [-0.2, 0) is 9.53 Å². The second kappa shape index (κ2) is 11.6. The summed E-state index contributed by atoms with van der Waals surface area (Å²) >= 11 is 4.90. The minimum Gasteiger partial charge on any atom is -0.496 e. The number of thiazole rings is 1. The first kappa shape index (κ1) is 28.1. The fourth-order valence-electron chi connectivity index (χ4n) is 5.25. The number of ether oxygens (including phenoxy) is 2. The van der Waals surface area contributed by atoms with Gasteiger partial charge in [-0.2, -0.15) is 0 Å². The van der Waals surface area contributed by atoms with E-state index in [1.54, 1.807) is 18.6 Å². The molecule has 9 heteroatoms. The van der Waals surface area contributed by atoms with Gasteiger partial charge in [-0.1, -0.05) is 58.8 Å². The molecule has 0 N–H and O–H groups in total. The SMILES string of the molecule is CCCC1=C(C(=O)OCC)[C@H](c2cc(Br)ccc2OC)n2c(s/c(=C/c3cn(C(C)C)c4ccccc34)c2=O)=N1.